The molecular formula is C19H17BrN2O2S. The number of halogens is 1. The third-order valence-corrected chi connectivity index (χ3v) is 4.60. The summed E-state index contributed by atoms with van der Waals surface area (Å²) in [5, 5.41) is 3.40. The average Bonchev–Trinajstić information content (AvgIpc) is 2.88. The van der Waals surface area contributed by atoms with E-state index < -0.39 is 0 Å². The average molecular weight is 417 g/mol. The molecule has 25 heavy (non-hydrogen) atoms. The molecule has 2 aromatic rings. The summed E-state index contributed by atoms with van der Waals surface area (Å²) in [7, 11) is 0. The number of carbonyl (C=O) groups is 1. The van der Waals surface area contributed by atoms with Crippen LogP contribution in [-0.2, 0) is 11.4 Å². The number of rotatable bonds is 5. The maximum atomic E-state index is 12.4. The number of carbonyl (C=O) groups excluding carboxylic acids is 1. The van der Waals surface area contributed by atoms with Crippen LogP contribution < -0.4 is 10.1 Å². The highest BCUT2D eigenvalue weighted by Crippen LogP contribution is 2.27. The fourth-order valence-corrected chi connectivity index (χ4v) is 3.21. The Bertz CT molecular complexity index is 837. The van der Waals surface area contributed by atoms with Gasteiger partial charge in [0.25, 0.3) is 5.91 Å². The highest BCUT2D eigenvalue weighted by molar-refractivity contribution is 9.10. The molecule has 1 aliphatic heterocycles. The first-order chi connectivity index (χ1) is 12.1. The number of amides is 1. The molecule has 0 atom stereocenters. The van der Waals surface area contributed by atoms with E-state index in [1.165, 1.54) is 4.90 Å². The van der Waals surface area contributed by atoms with Crippen molar-refractivity contribution >= 4 is 45.2 Å². The fraction of sp³-hybridized carbons (Fsp3) is 0.158. The number of nitrogens with one attached hydrogen (secondary N) is 1. The third kappa shape index (κ3) is 4.08. The van der Waals surface area contributed by atoms with Gasteiger partial charge in [0.15, 0.2) is 5.11 Å². The zero-order valence-electron chi connectivity index (χ0n) is 13.7. The van der Waals surface area contributed by atoms with E-state index in [-0.39, 0.29) is 5.91 Å². The highest BCUT2D eigenvalue weighted by atomic mass is 79.9. The Morgan fingerprint density at radius 1 is 1.24 bits per heavy atom. The molecule has 1 heterocycles. The normalized spacial score (nSPS) is 15.6. The Labute approximate surface area is 160 Å². The first-order valence-corrected chi connectivity index (χ1v) is 9.09. The summed E-state index contributed by atoms with van der Waals surface area (Å²) in [5.74, 6) is 0.580. The van der Waals surface area contributed by atoms with Crippen molar-refractivity contribution in [2.24, 2.45) is 0 Å². The van der Waals surface area contributed by atoms with Gasteiger partial charge in [-0.3, -0.25) is 9.69 Å². The maximum Gasteiger partial charge on any atom is 0.276 e. The van der Waals surface area contributed by atoms with Crippen molar-refractivity contribution in [2.45, 2.75) is 13.5 Å². The first kappa shape index (κ1) is 17.6. The molecule has 1 fully saturated rings. The second-order valence-corrected chi connectivity index (χ2v) is 6.80. The molecule has 0 unspecified atom stereocenters. The lowest BCUT2D eigenvalue weighted by molar-refractivity contribution is -0.122. The van der Waals surface area contributed by atoms with Crippen molar-refractivity contribution < 1.29 is 9.53 Å². The van der Waals surface area contributed by atoms with Gasteiger partial charge in [0.2, 0.25) is 0 Å². The van der Waals surface area contributed by atoms with Gasteiger partial charge in [0.05, 0.1) is 0 Å². The van der Waals surface area contributed by atoms with Crippen molar-refractivity contribution in [3.05, 3.63) is 69.8 Å². The SMILES string of the molecule is CCN1C(=O)/C(=C/c2cc(Br)ccc2OCc2ccccc2)NC1=S. The van der Waals surface area contributed by atoms with Crippen molar-refractivity contribution in [3.63, 3.8) is 0 Å². The molecule has 1 amide bonds. The smallest absolute Gasteiger partial charge is 0.276 e. The summed E-state index contributed by atoms with van der Waals surface area (Å²) in [4.78, 5) is 13.9. The lowest BCUT2D eigenvalue weighted by Gasteiger charge is -2.11. The Balaban J connectivity index is 1.86. The second kappa shape index (κ2) is 7.80. The number of hydrogen-bond donors (Lipinski definition) is 1. The molecule has 0 aromatic heterocycles. The number of thiocarbonyl (C=S) groups is 1. The molecule has 4 nitrogen and oxygen atoms in total. The Kier molecular flexibility index (Phi) is 5.50. The summed E-state index contributed by atoms with van der Waals surface area (Å²) >= 11 is 8.66. The quantitative estimate of drug-likeness (QED) is 0.588. The minimum absolute atomic E-state index is 0.124. The van der Waals surface area contributed by atoms with E-state index in [9.17, 15) is 4.79 Å². The molecule has 3 rings (SSSR count). The Hall–Kier alpha value is -2.18. The van der Waals surface area contributed by atoms with Crippen molar-refractivity contribution in [3.8, 4) is 5.75 Å². The molecule has 0 saturated carbocycles. The molecule has 2 aromatic carbocycles. The minimum Gasteiger partial charge on any atom is -0.488 e. The lowest BCUT2D eigenvalue weighted by atomic mass is 10.1. The summed E-state index contributed by atoms with van der Waals surface area (Å²) < 4.78 is 6.86. The lowest BCUT2D eigenvalue weighted by Crippen LogP contribution is -2.30. The predicted molar refractivity (Wildman–Crippen MR) is 106 cm³/mol. The van der Waals surface area contributed by atoms with Gasteiger partial charge in [-0.2, -0.15) is 0 Å². The van der Waals surface area contributed by atoms with Crippen LogP contribution in [0, 0.1) is 0 Å². The largest absolute Gasteiger partial charge is 0.488 e. The molecule has 1 saturated heterocycles. The van der Waals surface area contributed by atoms with Crippen molar-refractivity contribution in [1.82, 2.24) is 10.2 Å². The van der Waals surface area contributed by atoms with Crippen LogP contribution >= 0.6 is 28.1 Å². The van der Waals surface area contributed by atoms with Gasteiger partial charge in [0, 0.05) is 16.6 Å². The van der Waals surface area contributed by atoms with Crippen LogP contribution in [0.4, 0.5) is 0 Å². The molecule has 1 aliphatic rings. The summed E-state index contributed by atoms with van der Waals surface area (Å²) in [6.07, 6.45) is 1.77. The molecule has 0 bridgehead atoms. The van der Waals surface area contributed by atoms with Gasteiger partial charge in [-0.25, -0.2) is 0 Å². The molecule has 0 radical (unpaired) electrons. The van der Waals surface area contributed by atoms with E-state index in [0.717, 1.165) is 15.6 Å². The van der Waals surface area contributed by atoms with Crippen molar-refractivity contribution in [2.75, 3.05) is 6.54 Å². The van der Waals surface area contributed by atoms with E-state index >= 15 is 0 Å². The van der Waals surface area contributed by atoms with Crippen LogP contribution in [0.1, 0.15) is 18.1 Å². The van der Waals surface area contributed by atoms with Gasteiger partial charge in [-0.05, 0) is 49.0 Å². The van der Waals surface area contributed by atoms with Crippen LogP contribution in [0.25, 0.3) is 6.08 Å². The number of ether oxygens (including phenoxy) is 1. The summed E-state index contributed by atoms with van der Waals surface area (Å²) in [6, 6.07) is 15.7. The molecule has 128 valence electrons. The molecule has 0 spiro atoms. The van der Waals surface area contributed by atoms with Crippen LogP contribution in [-0.4, -0.2) is 22.5 Å². The van der Waals surface area contributed by atoms with E-state index in [4.69, 9.17) is 17.0 Å². The van der Waals surface area contributed by atoms with E-state index in [2.05, 4.69) is 21.2 Å². The maximum absolute atomic E-state index is 12.4. The fourth-order valence-electron chi connectivity index (χ4n) is 2.51. The molecule has 1 N–H and O–H groups in total. The highest BCUT2D eigenvalue weighted by Gasteiger charge is 2.29. The van der Waals surface area contributed by atoms with Crippen LogP contribution in [0.2, 0.25) is 0 Å². The first-order valence-electron chi connectivity index (χ1n) is 7.89. The number of nitrogens with zero attached hydrogens (tertiary/aromatic N) is 1. The molecular weight excluding hydrogens is 400 g/mol. The Morgan fingerprint density at radius 3 is 2.68 bits per heavy atom. The standard InChI is InChI=1S/C19H17BrN2O2S/c1-2-22-18(23)16(21-19(22)25)11-14-10-15(20)8-9-17(14)24-12-13-6-4-3-5-7-13/h3-11H,2,12H2,1H3,(H,21,25)/b16-11-. The van der Waals surface area contributed by atoms with Crippen molar-refractivity contribution in [1.29, 1.82) is 0 Å². The van der Waals surface area contributed by atoms with Gasteiger partial charge in [-0.1, -0.05) is 46.3 Å². The zero-order valence-corrected chi connectivity index (χ0v) is 16.1. The van der Waals surface area contributed by atoms with E-state index in [1.54, 1.807) is 6.08 Å². The van der Waals surface area contributed by atoms with Gasteiger partial charge in [0.1, 0.15) is 18.1 Å². The zero-order chi connectivity index (χ0) is 17.8. The monoisotopic (exact) mass is 416 g/mol. The third-order valence-electron chi connectivity index (χ3n) is 3.79. The van der Waals surface area contributed by atoms with E-state index in [0.29, 0.717) is 29.7 Å². The van der Waals surface area contributed by atoms with Crippen LogP contribution in [0.3, 0.4) is 0 Å². The summed E-state index contributed by atoms with van der Waals surface area (Å²) in [6.45, 7) is 2.89. The molecule has 0 aliphatic carbocycles. The number of likely N-dealkylation sites (N-methyl/N-ethyl adjacent to an activating group) is 1. The second-order valence-electron chi connectivity index (χ2n) is 5.49. The van der Waals surface area contributed by atoms with Gasteiger partial charge >= 0.3 is 0 Å². The topological polar surface area (TPSA) is 41.6 Å². The van der Waals surface area contributed by atoms with Gasteiger partial charge in [-0.15, -0.1) is 0 Å². The Morgan fingerprint density at radius 2 is 2.00 bits per heavy atom. The van der Waals surface area contributed by atoms with E-state index in [1.807, 2.05) is 55.5 Å². The predicted octanol–water partition coefficient (Wildman–Crippen LogP) is 4.11. The number of benzene rings is 2. The minimum atomic E-state index is -0.124. The van der Waals surface area contributed by atoms with Crippen LogP contribution in [0.15, 0.2) is 58.7 Å². The number of hydrogen-bond acceptors (Lipinski definition) is 3. The molecule has 6 heteroatoms. The van der Waals surface area contributed by atoms with Crippen LogP contribution in [0.5, 0.6) is 5.75 Å². The van der Waals surface area contributed by atoms with Gasteiger partial charge < -0.3 is 10.1 Å². The summed E-state index contributed by atoms with van der Waals surface area (Å²) in [5.41, 5.74) is 2.34.